The summed E-state index contributed by atoms with van der Waals surface area (Å²) < 4.78 is 0. The first-order valence-corrected chi connectivity index (χ1v) is 6.92. The summed E-state index contributed by atoms with van der Waals surface area (Å²) in [6.07, 6.45) is 0. The molecule has 3 rings (SSSR count). The van der Waals surface area contributed by atoms with Crippen LogP contribution in [-0.4, -0.2) is 20.6 Å². The van der Waals surface area contributed by atoms with Crippen molar-refractivity contribution in [3.8, 4) is 11.4 Å². The minimum Gasteiger partial charge on any atom is -0.398 e. The van der Waals surface area contributed by atoms with E-state index in [0.717, 1.165) is 21.0 Å². The number of aryl methyl sites for hydroxylation is 1. The zero-order valence-electron chi connectivity index (χ0n) is 10.9. The van der Waals surface area contributed by atoms with Gasteiger partial charge in [0.25, 0.3) is 0 Å². The van der Waals surface area contributed by atoms with Gasteiger partial charge in [0.1, 0.15) is 0 Å². The third-order valence-electron chi connectivity index (χ3n) is 2.86. The Balaban J connectivity index is 2.01. The van der Waals surface area contributed by atoms with Crippen molar-refractivity contribution < 1.29 is 0 Å². The van der Waals surface area contributed by atoms with Crippen LogP contribution in [0, 0.1) is 6.92 Å². The third kappa shape index (κ3) is 2.50. The number of anilines is 1. The molecule has 5 nitrogen and oxygen atoms in total. The van der Waals surface area contributed by atoms with Gasteiger partial charge >= 0.3 is 0 Å². The fourth-order valence-corrected chi connectivity index (χ4v) is 2.95. The van der Waals surface area contributed by atoms with E-state index in [-0.39, 0.29) is 0 Å². The number of nitrogens with two attached hydrogens (primary N) is 1. The lowest BCUT2D eigenvalue weighted by molar-refractivity contribution is 0.881. The van der Waals surface area contributed by atoms with Crippen molar-refractivity contribution >= 4 is 17.4 Å². The van der Waals surface area contributed by atoms with Crippen molar-refractivity contribution in [3.05, 3.63) is 48.0 Å². The van der Waals surface area contributed by atoms with Crippen LogP contribution in [0.4, 0.5) is 5.69 Å². The topological polar surface area (TPSA) is 80.5 Å². The number of tetrazole rings is 1. The van der Waals surface area contributed by atoms with Crippen molar-refractivity contribution in [2.45, 2.75) is 16.7 Å². The van der Waals surface area contributed by atoms with Crippen LogP contribution in [0.15, 0.2) is 52.3 Å². The first-order valence-electron chi connectivity index (χ1n) is 6.11. The first kappa shape index (κ1) is 12.7. The maximum absolute atomic E-state index is 6.04. The van der Waals surface area contributed by atoms with Crippen LogP contribution in [-0.2, 0) is 0 Å². The Bertz CT molecular complexity index is 724. The predicted molar refractivity (Wildman–Crippen MR) is 79.3 cm³/mol. The van der Waals surface area contributed by atoms with Gasteiger partial charge in [0.15, 0.2) is 0 Å². The molecule has 0 unspecified atom stereocenters. The molecule has 0 fully saturated rings. The van der Waals surface area contributed by atoms with Gasteiger partial charge in [-0.2, -0.15) is 5.21 Å². The van der Waals surface area contributed by atoms with Crippen LogP contribution in [0.2, 0.25) is 0 Å². The number of rotatable bonds is 3. The maximum atomic E-state index is 6.04. The van der Waals surface area contributed by atoms with Gasteiger partial charge in [0, 0.05) is 21.0 Å². The molecule has 0 saturated heterocycles. The van der Waals surface area contributed by atoms with E-state index in [9.17, 15) is 0 Å². The molecule has 3 N–H and O–H groups in total. The SMILES string of the molecule is Cc1ccc(N)c(Sc2ccccc2-c2nn[nH]n2)c1. The largest absolute Gasteiger partial charge is 0.398 e. The number of nitrogen functional groups attached to an aromatic ring is 1. The highest BCUT2D eigenvalue weighted by Crippen LogP contribution is 2.37. The van der Waals surface area contributed by atoms with Crippen LogP contribution in [0.1, 0.15) is 5.56 Å². The first-order chi connectivity index (χ1) is 9.74. The second-order valence-electron chi connectivity index (χ2n) is 4.37. The molecule has 0 atom stereocenters. The second-order valence-corrected chi connectivity index (χ2v) is 5.46. The molecule has 100 valence electrons. The second kappa shape index (κ2) is 5.34. The van der Waals surface area contributed by atoms with Gasteiger partial charge in [-0.05, 0) is 42.0 Å². The molecule has 0 aliphatic carbocycles. The lowest BCUT2D eigenvalue weighted by Crippen LogP contribution is -1.90. The average Bonchev–Trinajstić information content (AvgIpc) is 2.97. The molecule has 20 heavy (non-hydrogen) atoms. The van der Waals surface area contributed by atoms with E-state index < -0.39 is 0 Å². The van der Waals surface area contributed by atoms with Crippen LogP contribution >= 0.6 is 11.8 Å². The Labute approximate surface area is 120 Å². The Kier molecular flexibility index (Phi) is 3.39. The highest BCUT2D eigenvalue weighted by molar-refractivity contribution is 7.99. The van der Waals surface area contributed by atoms with Crippen LogP contribution < -0.4 is 5.73 Å². The Hall–Kier alpha value is -2.34. The molecule has 1 heterocycles. The number of aromatic amines is 1. The Morgan fingerprint density at radius 2 is 1.95 bits per heavy atom. The Morgan fingerprint density at radius 3 is 2.75 bits per heavy atom. The lowest BCUT2D eigenvalue weighted by atomic mass is 10.2. The number of nitrogens with zero attached hydrogens (tertiary/aromatic N) is 3. The molecule has 0 aliphatic rings. The van der Waals surface area contributed by atoms with Crippen molar-refractivity contribution in [2.75, 3.05) is 5.73 Å². The normalized spacial score (nSPS) is 10.7. The summed E-state index contributed by atoms with van der Waals surface area (Å²) >= 11 is 1.61. The smallest absolute Gasteiger partial charge is 0.205 e. The number of H-pyrrole nitrogens is 1. The predicted octanol–water partition coefficient (Wildman–Crippen LogP) is 2.91. The number of hydrogen-bond acceptors (Lipinski definition) is 5. The molecule has 0 aliphatic heterocycles. The highest BCUT2D eigenvalue weighted by Gasteiger charge is 2.11. The van der Waals surface area contributed by atoms with E-state index in [1.54, 1.807) is 11.8 Å². The van der Waals surface area contributed by atoms with Crippen molar-refractivity contribution in [1.82, 2.24) is 20.6 Å². The van der Waals surface area contributed by atoms with Crippen LogP contribution in [0.3, 0.4) is 0 Å². The molecule has 3 aromatic rings. The summed E-state index contributed by atoms with van der Waals surface area (Å²) in [6.45, 7) is 2.05. The summed E-state index contributed by atoms with van der Waals surface area (Å²) in [5.41, 5.74) is 8.92. The van der Waals surface area contributed by atoms with Crippen molar-refractivity contribution in [2.24, 2.45) is 0 Å². The van der Waals surface area contributed by atoms with E-state index >= 15 is 0 Å². The zero-order valence-corrected chi connectivity index (χ0v) is 11.7. The summed E-state index contributed by atoms with van der Waals surface area (Å²) in [4.78, 5) is 2.08. The maximum Gasteiger partial charge on any atom is 0.205 e. The van der Waals surface area contributed by atoms with Crippen molar-refractivity contribution in [1.29, 1.82) is 0 Å². The molecule has 0 bridgehead atoms. The van der Waals surface area contributed by atoms with Gasteiger partial charge in [0.2, 0.25) is 5.82 Å². The van der Waals surface area contributed by atoms with Gasteiger partial charge in [-0.25, -0.2) is 0 Å². The van der Waals surface area contributed by atoms with Crippen LogP contribution in [0.25, 0.3) is 11.4 Å². The minimum atomic E-state index is 0.583. The molecule has 0 saturated carbocycles. The molecular weight excluding hydrogens is 270 g/mol. The van der Waals surface area contributed by atoms with Gasteiger partial charge < -0.3 is 5.73 Å². The average molecular weight is 283 g/mol. The summed E-state index contributed by atoms with van der Waals surface area (Å²) in [7, 11) is 0. The molecule has 0 amide bonds. The number of nitrogens with one attached hydrogen (secondary N) is 1. The van der Waals surface area contributed by atoms with E-state index in [2.05, 4.69) is 33.6 Å². The highest BCUT2D eigenvalue weighted by atomic mass is 32.2. The summed E-state index contributed by atoms with van der Waals surface area (Å²) in [5, 5.41) is 14.2. The zero-order chi connectivity index (χ0) is 13.9. The third-order valence-corrected chi connectivity index (χ3v) is 4.01. The molecule has 0 spiro atoms. The molecule has 0 radical (unpaired) electrons. The Morgan fingerprint density at radius 1 is 1.10 bits per heavy atom. The molecular formula is C14H13N5S. The molecule has 1 aromatic heterocycles. The fraction of sp³-hybridized carbons (Fsp3) is 0.0714. The number of aromatic nitrogens is 4. The summed E-state index contributed by atoms with van der Waals surface area (Å²) in [5.74, 6) is 0.583. The van der Waals surface area contributed by atoms with Crippen LogP contribution in [0.5, 0.6) is 0 Å². The monoisotopic (exact) mass is 283 g/mol. The number of hydrogen-bond donors (Lipinski definition) is 2. The summed E-state index contributed by atoms with van der Waals surface area (Å²) in [6, 6.07) is 13.9. The minimum absolute atomic E-state index is 0.583. The number of benzene rings is 2. The quantitative estimate of drug-likeness (QED) is 0.722. The van der Waals surface area contributed by atoms with Crippen molar-refractivity contribution in [3.63, 3.8) is 0 Å². The van der Waals surface area contributed by atoms with E-state index in [1.807, 2.05) is 36.4 Å². The van der Waals surface area contributed by atoms with E-state index in [0.29, 0.717) is 5.82 Å². The van der Waals surface area contributed by atoms with Gasteiger partial charge in [-0.1, -0.05) is 30.0 Å². The molecule has 2 aromatic carbocycles. The van der Waals surface area contributed by atoms with E-state index in [1.165, 1.54) is 5.56 Å². The van der Waals surface area contributed by atoms with E-state index in [4.69, 9.17) is 5.73 Å². The lowest BCUT2D eigenvalue weighted by Gasteiger charge is -2.09. The van der Waals surface area contributed by atoms with Gasteiger partial charge in [0.05, 0.1) is 0 Å². The van der Waals surface area contributed by atoms with Gasteiger partial charge in [-0.15, -0.1) is 10.2 Å². The molecule has 6 heteroatoms. The van der Waals surface area contributed by atoms with Gasteiger partial charge in [-0.3, -0.25) is 0 Å². The fourth-order valence-electron chi connectivity index (χ4n) is 1.86. The standard InChI is InChI=1S/C14H13N5S/c1-9-6-7-11(15)13(8-9)20-12-5-3-2-4-10(12)14-16-18-19-17-14/h2-8H,15H2,1H3,(H,16,17,18,19).